The SMILES string of the molecule is C\C=C/C=C\C(C)=N/C(=C\CC)c1ccc(-n2c3c(ccc4ccsc43)c3c4ccccc4c4ccccc4c32)cc1. The van der Waals surface area contributed by atoms with Gasteiger partial charge in [-0.2, -0.15) is 0 Å². The van der Waals surface area contributed by atoms with Gasteiger partial charge in [-0.25, -0.2) is 0 Å². The molecule has 7 aromatic rings. The molecule has 7 rings (SSSR count). The van der Waals surface area contributed by atoms with Crippen LogP contribution >= 0.6 is 11.3 Å². The first-order valence-electron chi connectivity index (χ1n) is 14.6. The van der Waals surface area contributed by atoms with E-state index in [4.69, 9.17) is 4.99 Å². The summed E-state index contributed by atoms with van der Waals surface area (Å²) in [4.78, 5) is 4.96. The van der Waals surface area contributed by atoms with Crippen LogP contribution in [0.5, 0.6) is 0 Å². The zero-order chi connectivity index (χ0) is 28.6. The summed E-state index contributed by atoms with van der Waals surface area (Å²) in [7, 11) is 0. The van der Waals surface area contributed by atoms with Crippen LogP contribution in [0.1, 0.15) is 32.8 Å². The Kier molecular flexibility index (Phi) is 6.81. The molecule has 42 heavy (non-hydrogen) atoms. The number of rotatable bonds is 6. The lowest BCUT2D eigenvalue weighted by molar-refractivity contribution is 1.19. The minimum absolute atomic E-state index is 0.925. The molecule has 0 aliphatic heterocycles. The maximum atomic E-state index is 4.96. The number of allylic oxidation sites excluding steroid dienone is 5. The summed E-state index contributed by atoms with van der Waals surface area (Å²) in [5, 5.41) is 11.3. The minimum Gasteiger partial charge on any atom is -0.307 e. The molecule has 3 heteroatoms. The van der Waals surface area contributed by atoms with Crippen LogP contribution in [0.2, 0.25) is 0 Å². The number of aliphatic imine (C=N–C) groups is 1. The van der Waals surface area contributed by atoms with Crippen LogP contribution in [0.3, 0.4) is 0 Å². The standard InChI is InChI=1S/C39H32N2S/c1-4-6-7-13-26(3)40-35(12-5-2)27-18-21-29(22-19-27)41-37-33-17-11-9-15-31(33)30-14-8-10-16-32(30)36(37)34-23-20-28-24-25-42-39(28)38(34)41/h4,6-25H,5H2,1-3H3/b6-4-,13-7-,35-12-,40-26-. The molecule has 0 radical (unpaired) electrons. The normalized spacial score (nSPS) is 13.3. The smallest absolute Gasteiger partial charge is 0.0719 e. The van der Waals surface area contributed by atoms with E-state index in [1.54, 1.807) is 0 Å². The number of hydrogen-bond acceptors (Lipinski definition) is 2. The molecule has 0 saturated heterocycles. The molecule has 0 amide bonds. The van der Waals surface area contributed by atoms with Gasteiger partial charge < -0.3 is 4.57 Å². The Bertz CT molecular complexity index is 2230. The van der Waals surface area contributed by atoms with Gasteiger partial charge in [-0.3, -0.25) is 4.99 Å². The second-order valence-corrected chi connectivity index (χ2v) is 11.5. The summed E-state index contributed by atoms with van der Waals surface area (Å²) in [6.07, 6.45) is 11.3. The van der Waals surface area contributed by atoms with E-state index in [0.29, 0.717) is 0 Å². The number of nitrogens with zero attached hydrogens (tertiary/aromatic N) is 2. The van der Waals surface area contributed by atoms with Gasteiger partial charge in [-0.05, 0) is 77.0 Å². The highest BCUT2D eigenvalue weighted by Crippen LogP contribution is 2.45. The predicted molar refractivity (Wildman–Crippen MR) is 187 cm³/mol. The first-order valence-corrected chi connectivity index (χ1v) is 15.5. The molecule has 2 aromatic heterocycles. The van der Waals surface area contributed by atoms with Crippen molar-refractivity contribution in [3.63, 3.8) is 0 Å². The first kappa shape index (κ1) is 26.2. The van der Waals surface area contributed by atoms with Crippen molar-refractivity contribution in [2.24, 2.45) is 4.99 Å². The van der Waals surface area contributed by atoms with Crippen molar-refractivity contribution in [3.05, 3.63) is 132 Å². The van der Waals surface area contributed by atoms with Crippen molar-refractivity contribution in [2.75, 3.05) is 0 Å². The molecule has 204 valence electrons. The van der Waals surface area contributed by atoms with Crippen LogP contribution < -0.4 is 0 Å². The van der Waals surface area contributed by atoms with Crippen molar-refractivity contribution in [1.82, 2.24) is 4.57 Å². The Balaban J connectivity index is 1.52. The molecule has 0 saturated carbocycles. The lowest BCUT2D eigenvalue weighted by atomic mass is 9.96. The molecule has 2 nitrogen and oxygen atoms in total. The number of aromatic nitrogens is 1. The molecule has 2 heterocycles. The molecule has 0 atom stereocenters. The second-order valence-electron chi connectivity index (χ2n) is 10.6. The number of benzene rings is 5. The Morgan fingerprint density at radius 2 is 1.48 bits per heavy atom. The van der Waals surface area contributed by atoms with Gasteiger partial charge in [-0.15, -0.1) is 11.3 Å². The zero-order valence-electron chi connectivity index (χ0n) is 24.1. The Morgan fingerprint density at radius 1 is 0.762 bits per heavy atom. The van der Waals surface area contributed by atoms with E-state index in [2.05, 4.69) is 127 Å². The van der Waals surface area contributed by atoms with Crippen LogP contribution in [0.4, 0.5) is 0 Å². The Morgan fingerprint density at radius 3 is 2.21 bits per heavy atom. The number of hydrogen-bond donors (Lipinski definition) is 0. The van der Waals surface area contributed by atoms with Gasteiger partial charge in [0.1, 0.15) is 0 Å². The van der Waals surface area contributed by atoms with Crippen molar-refractivity contribution in [3.8, 4) is 5.69 Å². The summed E-state index contributed by atoms with van der Waals surface area (Å²) in [6, 6.07) is 33.5. The first-order chi connectivity index (χ1) is 20.7. The average molecular weight is 561 g/mol. The van der Waals surface area contributed by atoms with E-state index in [0.717, 1.165) is 29.1 Å². The zero-order valence-corrected chi connectivity index (χ0v) is 25.0. The van der Waals surface area contributed by atoms with Gasteiger partial charge in [0.05, 0.1) is 21.4 Å². The fourth-order valence-electron chi connectivity index (χ4n) is 6.17. The van der Waals surface area contributed by atoms with Crippen LogP contribution in [-0.2, 0) is 0 Å². The number of fused-ring (bicyclic) bond motifs is 10. The highest BCUT2D eigenvalue weighted by Gasteiger charge is 2.20. The van der Waals surface area contributed by atoms with Crippen LogP contribution in [-0.4, -0.2) is 10.3 Å². The molecule has 0 unspecified atom stereocenters. The van der Waals surface area contributed by atoms with E-state index < -0.39 is 0 Å². The quantitative estimate of drug-likeness (QED) is 0.109. The van der Waals surface area contributed by atoms with E-state index >= 15 is 0 Å². The maximum absolute atomic E-state index is 4.96. The molecule has 0 bridgehead atoms. The van der Waals surface area contributed by atoms with Gasteiger partial charge in [0, 0.05) is 27.6 Å². The Hall–Kier alpha value is -4.73. The highest BCUT2D eigenvalue weighted by atomic mass is 32.1. The van der Waals surface area contributed by atoms with Crippen molar-refractivity contribution < 1.29 is 0 Å². The van der Waals surface area contributed by atoms with Crippen molar-refractivity contribution >= 4 is 76.2 Å². The maximum Gasteiger partial charge on any atom is 0.0719 e. The number of thiophene rings is 1. The monoisotopic (exact) mass is 560 g/mol. The lowest BCUT2D eigenvalue weighted by Gasteiger charge is -2.13. The predicted octanol–water partition coefficient (Wildman–Crippen LogP) is 11.6. The summed E-state index contributed by atoms with van der Waals surface area (Å²) >= 11 is 1.82. The van der Waals surface area contributed by atoms with Crippen LogP contribution in [0.15, 0.2) is 132 Å². The molecule has 0 N–H and O–H groups in total. The molecule has 0 aliphatic rings. The van der Waals surface area contributed by atoms with Gasteiger partial charge in [0.2, 0.25) is 0 Å². The van der Waals surface area contributed by atoms with Gasteiger partial charge in [0.15, 0.2) is 0 Å². The van der Waals surface area contributed by atoms with Gasteiger partial charge in [0.25, 0.3) is 0 Å². The largest absolute Gasteiger partial charge is 0.307 e. The minimum atomic E-state index is 0.925. The third-order valence-corrected chi connectivity index (χ3v) is 8.91. The van der Waals surface area contributed by atoms with E-state index in [1.165, 1.54) is 53.4 Å². The molecule has 0 spiro atoms. The van der Waals surface area contributed by atoms with Crippen LogP contribution in [0.25, 0.3) is 64.8 Å². The third kappa shape index (κ3) is 4.29. The van der Waals surface area contributed by atoms with E-state index in [9.17, 15) is 0 Å². The second kappa shape index (κ2) is 10.9. The third-order valence-electron chi connectivity index (χ3n) is 7.97. The lowest BCUT2D eigenvalue weighted by Crippen LogP contribution is -1.96. The summed E-state index contributed by atoms with van der Waals surface area (Å²) in [5.74, 6) is 0. The Labute approximate surface area is 250 Å². The fraction of sp³-hybridized carbons (Fsp3) is 0.103. The van der Waals surface area contributed by atoms with Crippen molar-refractivity contribution in [1.29, 1.82) is 0 Å². The van der Waals surface area contributed by atoms with E-state index in [1.807, 2.05) is 36.5 Å². The molecule has 5 aromatic carbocycles. The molecule has 0 fully saturated rings. The topological polar surface area (TPSA) is 17.3 Å². The molecular weight excluding hydrogens is 529 g/mol. The summed E-state index contributed by atoms with van der Waals surface area (Å²) < 4.78 is 3.82. The van der Waals surface area contributed by atoms with Crippen molar-refractivity contribution in [2.45, 2.75) is 27.2 Å². The van der Waals surface area contributed by atoms with Gasteiger partial charge >= 0.3 is 0 Å². The fourth-order valence-corrected chi connectivity index (χ4v) is 7.11. The van der Waals surface area contributed by atoms with Gasteiger partial charge in [-0.1, -0.05) is 104 Å². The van der Waals surface area contributed by atoms with Crippen LogP contribution in [0, 0.1) is 0 Å². The average Bonchev–Trinajstić information content (AvgIpc) is 3.64. The highest BCUT2D eigenvalue weighted by molar-refractivity contribution is 7.18. The summed E-state index contributed by atoms with van der Waals surface area (Å²) in [6.45, 7) is 6.24. The molecular formula is C39H32N2S. The van der Waals surface area contributed by atoms with E-state index in [-0.39, 0.29) is 0 Å². The summed E-state index contributed by atoms with van der Waals surface area (Å²) in [5.41, 5.74) is 6.81. The molecule has 0 aliphatic carbocycles.